The summed E-state index contributed by atoms with van der Waals surface area (Å²) >= 11 is 3.54. The van der Waals surface area contributed by atoms with Gasteiger partial charge in [0.15, 0.2) is 0 Å². The third kappa shape index (κ3) is 1.27. The average Bonchev–Trinajstić information content (AvgIpc) is 2.57. The summed E-state index contributed by atoms with van der Waals surface area (Å²) in [6.45, 7) is 2.07. The van der Waals surface area contributed by atoms with Crippen LogP contribution in [0.1, 0.15) is 5.56 Å². The third-order valence-corrected chi connectivity index (χ3v) is 3.42. The molecule has 74 valence electrons. The van der Waals surface area contributed by atoms with Gasteiger partial charge in [-0.15, -0.1) is 0 Å². The maximum Gasteiger partial charge on any atom is 0.138 e. The first-order valence-electron chi connectivity index (χ1n) is 4.78. The minimum absolute atomic E-state index is 0.997. The van der Waals surface area contributed by atoms with E-state index in [1.807, 2.05) is 18.2 Å². The fourth-order valence-electron chi connectivity index (χ4n) is 1.78. The van der Waals surface area contributed by atoms with Crippen molar-refractivity contribution < 1.29 is 0 Å². The predicted molar refractivity (Wildman–Crippen MR) is 65.1 cm³/mol. The highest BCUT2D eigenvalue weighted by Gasteiger charge is 2.05. The highest BCUT2D eigenvalue weighted by molar-refractivity contribution is 9.10. The van der Waals surface area contributed by atoms with Crippen molar-refractivity contribution >= 4 is 32.6 Å². The van der Waals surface area contributed by atoms with Gasteiger partial charge in [0.1, 0.15) is 5.65 Å². The van der Waals surface area contributed by atoms with Gasteiger partial charge >= 0.3 is 0 Å². The summed E-state index contributed by atoms with van der Waals surface area (Å²) in [5.74, 6) is 0. The molecule has 0 aliphatic heterocycles. The highest BCUT2D eigenvalue weighted by Crippen LogP contribution is 2.22. The molecule has 0 amide bonds. The van der Waals surface area contributed by atoms with Crippen LogP contribution in [0.25, 0.3) is 16.7 Å². The maximum atomic E-state index is 4.56. The number of fused-ring (bicyclic) bond motifs is 3. The van der Waals surface area contributed by atoms with E-state index in [9.17, 15) is 0 Å². The van der Waals surface area contributed by atoms with Gasteiger partial charge in [0, 0.05) is 10.7 Å². The minimum Gasteiger partial charge on any atom is -0.298 e. The molecule has 3 aromatic rings. The molecular formula is C12H9BrN2. The van der Waals surface area contributed by atoms with Crippen molar-refractivity contribution in [3.8, 4) is 0 Å². The quantitative estimate of drug-likeness (QED) is 0.604. The largest absolute Gasteiger partial charge is 0.298 e. The van der Waals surface area contributed by atoms with Crippen LogP contribution in [-0.4, -0.2) is 9.38 Å². The van der Waals surface area contributed by atoms with Gasteiger partial charge < -0.3 is 0 Å². The van der Waals surface area contributed by atoms with Gasteiger partial charge in [-0.3, -0.25) is 4.40 Å². The van der Waals surface area contributed by atoms with Gasteiger partial charge in [-0.2, -0.15) is 0 Å². The summed E-state index contributed by atoms with van der Waals surface area (Å²) in [5.41, 5.74) is 4.39. The summed E-state index contributed by atoms with van der Waals surface area (Å²) < 4.78 is 3.21. The van der Waals surface area contributed by atoms with Crippen molar-refractivity contribution in [1.82, 2.24) is 9.38 Å². The van der Waals surface area contributed by atoms with Crippen LogP contribution in [0.3, 0.4) is 0 Å². The van der Waals surface area contributed by atoms with E-state index in [1.54, 1.807) is 0 Å². The molecule has 1 aromatic carbocycles. The lowest BCUT2D eigenvalue weighted by atomic mass is 10.3. The standard InChI is InChI=1S/C12H9BrN2/c1-8-6-12-14-10-4-2-3-5-11(10)15(12)7-9(8)13/h2-7H,1H3. The van der Waals surface area contributed by atoms with Crippen LogP contribution < -0.4 is 0 Å². The van der Waals surface area contributed by atoms with Crippen LogP contribution in [0, 0.1) is 6.92 Å². The maximum absolute atomic E-state index is 4.56. The molecule has 0 saturated carbocycles. The van der Waals surface area contributed by atoms with Crippen LogP contribution >= 0.6 is 15.9 Å². The molecule has 0 N–H and O–H groups in total. The number of imidazole rings is 1. The number of para-hydroxylation sites is 2. The Labute approximate surface area is 95.7 Å². The first-order valence-corrected chi connectivity index (χ1v) is 5.58. The van der Waals surface area contributed by atoms with Crippen molar-refractivity contribution in [2.45, 2.75) is 6.92 Å². The number of nitrogens with zero attached hydrogens (tertiary/aromatic N) is 2. The molecule has 3 rings (SSSR count). The molecule has 2 heterocycles. The zero-order valence-corrected chi connectivity index (χ0v) is 9.82. The monoisotopic (exact) mass is 260 g/mol. The molecule has 0 saturated heterocycles. The molecule has 0 radical (unpaired) electrons. The van der Waals surface area contributed by atoms with E-state index in [0.717, 1.165) is 21.2 Å². The molecule has 2 nitrogen and oxygen atoms in total. The fraction of sp³-hybridized carbons (Fsp3) is 0.0833. The Morgan fingerprint density at radius 3 is 2.93 bits per heavy atom. The van der Waals surface area contributed by atoms with Gasteiger partial charge in [-0.05, 0) is 46.6 Å². The van der Waals surface area contributed by atoms with E-state index in [2.05, 4.69) is 50.6 Å². The number of aryl methyl sites for hydroxylation is 1. The Kier molecular flexibility index (Phi) is 1.83. The lowest BCUT2D eigenvalue weighted by Gasteiger charge is -1.99. The topological polar surface area (TPSA) is 17.3 Å². The number of hydrogen-bond acceptors (Lipinski definition) is 1. The van der Waals surface area contributed by atoms with E-state index in [0.29, 0.717) is 0 Å². The Bertz CT molecular complexity index is 655. The Morgan fingerprint density at radius 2 is 2.07 bits per heavy atom. The number of hydrogen-bond donors (Lipinski definition) is 0. The smallest absolute Gasteiger partial charge is 0.138 e. The third-order valence-electron chi connectivity index (χ3n) is 2.59. The van der Waals surface area contributed by atoms with E-state index in [4.69, 9.17) is 0 Å². The Morgan fingerprint density at radius 1 is 1.27 bits per heavy atom. The summed E-state index contributed by atoms with van der Waals surface area (Å²) in [7, 11) is 0. The first-order chi connectivity index (χ1) is 7.25. The molecule has 15 heavy (non-hydrogen) atoms. The Balaban J connectivity index is 2.56. The molecule has 2 aromatic heterocycles. The van der Waals surface area contributed by atoms with Crippen LogP contribution in [0.4, 0.5) is 0 Å². The normalized spacial score (nSPS) is 11.3. The molecular weight excluding hydrogens is 252 g/mol. The molecule has 0 bridgehead atoms. The summed E-state index contributed by atoms with van der Waals surface area (Å²) in [4.78, 5) is 4.56. The predicted octanol–water partition coefficient (Wildman–Crippen LogP) is 3.56. The number of benzene rings is 1. The van der Waals surface area contributed by atoms with Crippen molar-refractivity contribution in [2.75, 3.05) is 0 Å². The summed E-state index contributed by atoms with van der Waals surface area (Å²) in [6.07, 6.45) is 2.07. The molecule has 0 aliphatic rings. The second kappa shape index (κ2) is 3.07. The van der Waals surface area contributed by atoms with Gasteiger partial charge in [0.05, 0.1) is 11.0 Å². The van der Waals surface area contributed by atoms with Gasteiger partial charge in [-0.1, -0.05) is 12.1 Å². The van der Waals surface area contributed by atoms with E-state index < -0.39 is 0 Å². The minimum atomic E-state index is 0.997. The van der Waals surface area contributed by atoms with Gasteiger partial charge in [-0.25, -0.2) is 4.98 Å². The Hall–Kier alpha value is -1.35. The van der Waals surface area contributed by atoms with E-state index in [1.165, 1.54) is 5.56 Å². The zero-order valence-electron chi connectivity index (χ0n) is 8.24. The number of halogens is 1. The highest BCUT2D eigenvalue weighted by atomic mass is 79.9. The molecule has 0 fully saturated rings. The molecule has 0 atom stereocenters. The zero-order chi connectivity index (χ0) is 10.4. The van der Waals surface area contributed by atoms with Crippen LogP contribution in [0.15, 0.2) is 41.0 Å². The lowest BCUT2D eigenvalue weighted by Crippen LogP contribution is -1.86. The van der Waals surface area contributed by atoms with E-state index in [-0.39, 0.29) is 0 Å². The van der Waals surface area contributed by atoms with Crippen molar-refractivity contribution in [2.24, 2.45) is 0 Å². The molecule has 0 spiro atoms. The van der Waals surface area contributed by atoms with Gasteiger partial charge in [0.25, 0.3) is 0 Å². The number of aromatic nitrogens is 2. The first kappa shape index (κ1) is 8.92. The molecule has 3 heteroatoms. The van der Waals surface area contributed by atoms with Crippen molar-refractivity contribution in [1.29, 1.82) is 0 Å². The number of rotatable bonds is 0. The second-order valence-corrected chi connectivity index (χ2v) is 4.49. The average molecular weight is 261 g/mol. The SMILES string of the molecule is Cc1cc2nc3ccccc3n2cc1Br. The van der Waals surface area contributed by atoms with Crippen molar-refractivity contribution in [3.05, 3.63) is 46.6 Å². The number of pyridine rings is 1. The summed E-state index contributed by atoms with van der Waals surface area (Å²) in [6, 6.07) is 10.2. The second-order valence-electron chi connectivity index (χ2n) is 3.63. The molecule has 0 aliphatic carbocycles. The fourth-order valence-corrected chi connectivity index (χ4v) is 2.10. The van der Waals surface area contributed by atoms with Gasteiger partial charge in [0.2, 0.25) is 0 Å². The van der Waals surface area contributed by atoms with Crippen LogP contribution in [0.5, 0.6) is 0 Å². The van der Waals surface area contributed by atoms with Crippen LogP contribution in [0.2, 0.25) is 0 Å². The van der Waals surface area contributed by atoms with Crippen LogP contribution in [-0.2, 0) is 0 Å². The summed E-state index contributed by atoms with van der Waals surface area (Å²) in [5, 5.41) is 0. The van der Waals surface area contributed by atoms with Crippen molar-refractivity contribution in [3.63, 3.8) is 0 Å². The van der Waals surface area contributed by atoms with E-state index >= 15 is 0 Å². The lowest BCUT2D eigenvalue weighted by molar-refractivity contribution is 1.19. The molecule has 0 unspecified atom stereocenters.